The van der Waals surface area contributed by atoms with E-state index >= 15 is 0 Å². The minimum Gasteiger partial charge on any atom is -0.298 e. The van der Waals surface area contributed by atoms with Crippen LogP contribution < -0.4 is 0 Å². The molecule has 1 heterocycles. The third-order valence-electron chi connectivity index (χ3n) is 2.87. The SMILES string of the molecule is CCc1ccc(Cc2cc(C=O)ccc2F)nc1. The number of aldehydes is 1. The molecule has 0 radical (unpaired) electrons. The molecule has 92 valence electrons. The Balaban J connectivity index is 2.24. The molecule has 0 N–H and O–H groups in total. The molecule has 0 aliphatic rings. The predicted molar refractivity (Wildman–Crippen MR) is 68.2 cm³/mol. The minimum absolute atomic E-state index is 0.304. The first-order valence-corrected chi connectivity index (χ1v) is 5.90. The van der Waals surface area contributed by atoms with E-state index in [1.54, 1.807) is 12.3 Å². The quantitative estimate of drug-likeness (QED) is 0.772. The van der Waals surface area contributed by atoms with E-state index < -0.39 is 0 Å². The molecule has 3 heteroatoms. The Kier molecular flexibility index (Phi) is 3.82. The van der Waals surface area contributed by atoms with E-state index in [0.29, 0.717) is 17.5 Å². The van der Waals surface area contributed by atoms with Gasteiger partial charge in [0.2, 0.25) is 0 Å². The molecule has 0 fully saturated rings. The van der Waals surface area contributed by atoms with Crippen LogP contribution in [-0.2, 0) is 12.8 Å². The second-order valence-corrected chi connectivity index (χ2v) is 4.16. The summed E-state index contributed by atoms with van der Waals surface area (Å²) in [5.41, 5.74) is 2.93. The lowest BCUT2D eigenvalue weighted by Gasteiger charge is -2.04. The van der Waals surface area contributed by atoms with E-state index in [0.717, 1.165) is 24.0 Å². The Morgan fingerprint density at radius 3 is 2.72 bits per heavy atom. The number of rotatable bonds is 4. The summed E-state index contributed by atoms with van der Waals surface area (Å²) in [7, 11) is 0. The van der Waals surface area contributed by atoms with Crippen LogP contribution in [0.25, 0.3) is 0 Å². The summed E-state index contributed by atoms with van der Waals surface area (Å²) in [4.78, 5) is 15.0. The summed E-state index contributed by atoms with van der Waals surface area (Å²) >= 11 is 0. The van der Waals surface area contributed by atoms with E-state index in [4.69, 9.17) is 0 Å². The van der Waals surface area contributed by atoms with Gasteiger partial charge in [-0.3, -0.25) is 9.78 Å². The number of carbonyl (C=O) groups excluding carboxylic acids is 1. The van der Waals surface area contributed by atoms with Crippen molar-refractivity contribution in [3.05, 3.63) is 64.7 Å². The van der Waals surface area contributed by atoms with Crippen LogP contribution in [0.1, 0.15) is 34.1 Å². The average molecular weight is 243 g/mol. The van der Waals surface area contributed by atoms with Crippen molar-refractivity contribution in [3.63, 3.8) is 0 Å². The zero-order chi connectivity index (χ0) is 13.0. The first kappa shape index (κ1) is 12.4. The Morgan fingerprint density at radius 2 is 2.11 bits per heavy atom. The van der Waals surface area contributed by atoms with E-state index in [1.807, 2.05) is 12.1 Å². The van der Waals surface area contributed by atoms with Gasteiger partial charge in [0.15, 0.2) is 0 Å². The van der Waals surface area contributed by atoms with Gasteiger partial charge < -0.3 is 0 Å². The molecule has 1 aromatic heterocycles. The highest BCUT2D eigenvalue weighted by Gasteiger charge is 2.05. The maximum absolute atomic E-state index is 13.6. The second-order valence-electron chi connectivity index (χ2n) is 4.16. The fourth-order valence-corrected chi connectivity index (χ4v) is 1.77. The lowest BCUT2D eigenvalue weighted by molar-refractivity contribution is 0.112. The van der Waals surface area contributed by atoms with Crippen molar-refractivity contribution in [1.29, 1.82) is 0 Å². The first-order valence-electron chi connectivity index (χ1n) is 5.90. The van der Waals surface area contributed by atoms with Crippen LogP contribution in [0.5, 0.6) is 0 Å². The maximum Gasteiger partial charge on any atom is 0.150 e. The third-order valence-corrected chi connectivity index (χ3v) is 2.87. The number of hydrogen-bond donors (Lipinski definition) is 0. The van der Waals surface area contributed by atoms with Gasteiger partial charge in [-0.15, -0.1) is 0 Å². The first-order chi connectivity index (χ1) is 8.72. The molecule has 0 unspecified atom stereocenters. The van der Waals surface area contributed by atoms with Crippen LogP contribution in [0.15, 0.2) is 36.5 Å². The van der Waals surface area contributed by atoms with Gasteiger partial charge in [0.25, 0.3) is 0 Å². The molecule has 2 aromatic rings. The lowest BCUT2D eigenvalue weighted by Crippen LogP contribution is -1.97. The number of nitrogens with zero attached hydrogens (tertiary/aromatic N) is 1. The molecule has 0 bridgehead atoms. The van der Waals surface area contributed by atoms with Gasteiger partial charge in [0.05, 0.1) is 0 Å². The minimum atomic E-state index is -0.304. The molecule has 0 saturated carbocycles. The van der Waals surface area contributed by atoms with Gasteiger partial charge in [-0.1, -0.05) is 13.0 Å². The van der Waals surface area contributed by atoms with Crippen molar-refractivity contribution in [2.45, 2.75) is 19.8 Å². The van der Waals surface area contributed by atoms with Crippen LogP contribution >= 0.6 is 0 Å². The van der Waals surface area contributed by atoms with Crippen LogP contribution in [0.3, 0.4) is 0 Å². The number of hydrogen-bond acceptors (Lipinski definition) is 2. The Labute approximate surface area is 105 Å². The van der Waals surface area contributed by atoms with Crippen LogP contribution in [0.2, 0.25) is 0 Å². The van der Waals surface area contributed by atoms with Crippen LogP contribution in [-0.4, -0.2) is 11.3 Å². The number of aromatic nitrogens is 1. The summed E-state index contributed by atoms with van der Waals surface area (Å²) in [5.74, 6) is -0.304. The summed E-state index contributed by atoms with van der Waals surface area (Å²) in [5, 5.41) is 0. The van der Waals surface area contributed by atoms with Gasteiger partial charge in [-0.2, -0.15) is 0 Å². The molecule has 0 saturated heterocycles. The smallest absolute Gasteiger partial charge is 0.150 e. The number of pyridine rings is 1. The molecule has 0 spiro atoms. The number of benzene rings is 1. The van der Waals surface area contributed by atoms with Crippen molar-refractivity contribution in [2.75, 3.05) is 0 Å². The fourth-order valence-electron chi connectivity index (χ4n) is 1.77. The third kappa shape index (κ3) is 2.80. The van der Waals surface area contributed by atoms with Crippen molar-refractivity contribution in [1.82, 2.24) is 4.98 Å². The van der Waals surface area contributed by atoms with Crippen LogP contribution in [0.4, 0.5) is 4.39 Å². The molecule has 0 aliphatic carbocycles. The van der Waals surface area contributed by atoms with Gasteiger partial charge in [0, 0.05) is 23.9 Å². The van der Waals surface area contributed by atoms with Crippen molar-refractivity contribution in [2.24, 2.45) is 0 Å². The molecule has 0 amide bonds. The molecular formula is C15H14FNO. The number of carbonyl (C=O) groups is 1. The molecule has 0 atom stereocenters. The zero-order valence-corrected chi connectivity index (χ0v) is 10.2. The highest BCUT2D eigenvalue weighted by Crippen LogP contribution is 2.14. The Bertz CT molecular complexity index is 549. The average Bonchev–Trinajstić information content (AvgIpc) is 2.42. The predicted octanol–water partition coefficient (Wildman–Crippen LogP) is 3.19. The summed E-state index contributed by atoms with van der Waals surface area (Å²) in [6, 6.07) is 8.24. The fraction of sp³-hybridized carbons (Fsp3) is 0.200. The second kappa shape index (κ2) is 5.54. The zero-order valence-electron chi connectivity index (χ0n) is 10.2. The monoisotopic (exact) mass is 243 g/mol. The molecule has 0 aliphatic heterocycles. The van der Waals surface area contributed by atoms with Gasteiger partial charge >= 0.3 is 0 Å². The Morgan fingerprint density at radius 1 is 1.28 bits per heavy atom. The normalized spacial score (nSPS) is 10.3. The highest BCUT2D eigenvalue weighted by molar-refractivity contribution is 5.75. The maximum atomic E-state index is 13.6. The van der Waals surface area contributed by atoms with E-state index in [1.165, 1.54) is 12.1 Å². The highest BCUT2D eigenvalue weighted by atomic mass is 19.1. The van der Waals surface area contributed by atoms with E-state index in [9.17, 15) is 9.18 Å². The molecule has 2 nitrogen and oxygen atoms in total. The molecular weight excluding hydrogens is 229 g/mol. The topological polar surface area (TPSA) is 30.0 Å². The largest absolute Gasteiger partial charge is 0.298 e. The van der Waals surface area contributed by atoms with Crippen molar-refractivity contribution < 1.29 is 9.18 Å². The summed E-state index contributed by atoms with van der Waals surface area (Å²) < 4.78 is 13.6. The lowest BCUT2D eigenvalue weighted by atomic mass is 10.1. The van der Waals surface area contributed by atoms with E-state index in [2.05, 4.69) is 11.9 Å². The summed E-state index contributed by atoms with van der Waals surface area (Å²) in [6.07, 6.45) is 3.85. The van der Waals surface area contributed by atoms with Gasteiger partial charge in [0.1, 0.15) is 12.1 Å². The number of aryl methyl sites for hydroxylation is 1. The van der Waals surface area contributed by atoms with Gasteiger partial charge in [-0.25, -0.2) is 4.39 Å². The molecule has 18 heavy (non-hydrogen) atoms. The van der Waals surface area contributed by atoms with Crippen LogP contribution in [0, 0.1) is 5.82 Å². The molecule has 2 rings (SSSR count). The van der Waals surface area contributed by atoms with Crippen molar-refractivity contribution >= 4 is 6.29 Å². The standard InChI is InChI=1S/C15H14FNO/c1-2-11-3-5-14(17-9-11)8-13-7-12(10-18)4-6-15(13)16/h3-7,9-10H,2,8H2,1H3. The van der Waals surface area contributed by atoms with E-state index in [-0.39, 0.29) is 5.82 Å². The molecule has 1 aromatic carbocycles. The summed E-state index contributed by atoms with van der Waals surface area (Å²) in [6.45, 7) is 2.06. The van der Waals surface area contributed by atoms with Crippen molar-refractivity contribution in [3.8, 4) is 0 Å². The Hall–Kier alpha value is -2.03. The van der Waals surface area contributed by atoms with Gasteiger partial charge in [-0.05, 0) is 41.8 Å². The number of halogens is 1.